The minimum atomic E-state index is -0.246. The average molecular weight is 361 g/mol. The van der Waals surface area contributed by atoms with Crippen LogP contribution in [0.5, 0.6) is 0 Å². The lowest BCUT2D eigenvalue weighted by atomic mass is 10.1. The Balaban J connectivity index is 1.86. The van der Waals surface area contributed by atoms with Crippen molar-refractivity contribution < 1.29 is 9.32 Å². The van der Waals surface area contributed by atoms with Crippen LogP contribution in [0, 0.1) is 13.8 Å². The summed E-state index contributed by atoms with van der Waals surface area (Å²) >= 11 is 0. The van der Waals surface area contributed by atoms with Crippen molar-refractivity contribution in [3.05, 3.63) is 59.6 Å². The van der Waals surface area contributed by atoms with Gasteiger partial charge in [-0.05, 0) is 26.8 Å². The summed E-state index contributed by atoms with van der Waals surface area (Å²) in [4.78, 5) is 17.8. The molecule has 1 amide bonds. The first-order chi connectivity index (χ1) is 13.1. The van der Waals surface area contributed by atoms with Crippen LogP contribution in [0.15, 0.2) is 47.1 Å². The number of pyridine rings is 1. The van der Waals surface area contributed by atoms with Crippen molar-refractivity contribution >= 4 is 22.6 Å². The van der Waals surface area contributed by atoms with Crippen LogP contribution in [0.25, 0.3) is 22.3 Å². The van der Waals surface area contributed by atoms with Gasteiger partial charge in [0.25, 0.3) is 5.91 Å². The van der Waals surface area contributed by atoms with Crippen LogP contribution in [0.2, 0.25) is 0 Å². The van der Waals surface area contributed by atoms with Gasteiger partial charge in [0.05, 0.1) is 22.8 Å². The minimum absolute atomic E-state index is 0.246. The molecule has 1 aromatic carbocycles. The van der Waals surface area contributed by atoms with Gasteiger partial charge in [0, 0.05) is 12.1 Å². The molecule has 0 aliphatic heterocycles. The molecule has 0 aliphatic rings. The number of rotatable bonds is 4. The van der Waals surface area contributed by atoms with Crippen LogP contribution in [0.1, 0.15) is 28.7 Å². The van der Waals surface area contributed by atoms with E-state index in [1.165, 1.54) is 0 Å². The van der Waals surface area contributed by atoms with Crippen LogP contribution >= 0.6 is 0 Å². The number of nitrogens with zero attached hydrogens (tertiary/aromatic N) is 4. The zero-order valence-electron chi connectivity index (χ0n) is 15.4. The number of aromatic nitrogens is 4. The summed E-state index contributed by atoms with van der Waals surface area (Å²) in [5, 5.41) is 11.9. The molecule has 0 saturated heterocycles. The predicted molar refractivity (Wildman–Crippen MR) is 103 cm³/mol. The monoisotopic (exact) mass is 361 g/mol. The lowest BCUT2D eigenvalue weighted by Crippen LogP contribution is -2.14. The largest absolute Gasteiger partial charge is 0.359 e. The Kier molecular flexibility index (Phi) is 4.19. The SMILES string of the molecule is CCn1ncc2c(C(=O)Nc3c(C)noc3C)cc(-c3ccccc3)nc21. The van der Waals surface area contributed by atoms with Crippen LogP contribution in [0.4, 0.5) is 5.69 Å². The Morgan fingerprint density at radius 2 is 2.00 bits per heavy atom. The number of carbonyl (C=O) groups excluding carboxylic acids is 1. The van der Waals surface area contributed by atoms with Gasteiger partial charge in [0.1, 0.15) is 11.4 Å². The molecule has 4 aromatic rings. The van der Waals surface area contributed by atoms with E-state index in [-0.39, 0.29) is 5.91 Å². The Bertz CT molecular complexity index is 1110. The van der Waals surface area contributed by atoms with Gasteiger partial charge in [-0.1, -0.05) is 35.5 Å². The van der Waals surface area contributed by atoms with Gasteiger partial charge < -0.3 is 9.84 Å². The van der Waals surface area contributed by atoms with E-state index in [0.717, 1.165) is 11.3 Å². The van der Waals surface area contributed by atoms with Crippen LogP contribution in [-0.2, 0) is 6.54 Å². The summed E-state index contributed by atoms with van der Waals surface area (Å²) in [6.45, 7) is 6.22. The van der Waals surface area contributed by atoms with E-state index in [2.05, 4.69) is 15.6 Å². The normalized spacial score (nSPS) is 11.1. The van der Waals surface area contributed by atoms with Crippen LogP contribution in [0.3, 0.4) is 0 Å². The van der Waals surface area contributed by atoms with Gasteiger partial charge >= 0.3 is 0 Å². The highest BCUT2D eigenvalue weighted by molar-refractivity contribution is 6.13. The van der Waals surface area contributed by atoms with Gasteiger partial charge in [-0.3, -0.25) is 4.79 Å². The molecular weight excluding hydrogens is 342 g/mol. The molecule has 0 saturated carbocycles. The number of benzene rings is 1. The minimum Gasteiger partial charge on any atom is -0.359 e. The number of nitrogens with one attached hydrogen (secondary N) is 1. The molecule has 0 unspecified atom stereocenters. The first-order valence-electron chi connectivity index (χ1n) is 8.74. The number of amides is 1. The fraction of sp³-hybridized carbons (Fsp3) is 0.200. The van der Waals surface area contributed by atoms with E-state index in [1.807, 2.05) is 37.3 Å². The molecule has 7 heteroatoms. The number of fused-ring (bicyclic) bond motifs is 1. The van der Waals surface area contributed by atoms with Gasteiger partial charge in [-0.2, -0.15) is 5.10 Å². The maximum Gasteiger partial charge on any atom is 0.256 e. The highest BCUT2D eigenvalue weighted by atomic mass is 16.5. The molecule has 7 nitrogen and oxygen atoms in total. The van der Waals surface area contributed by atoms with E-state index in [4.69, 9.17) is 9.51 Å². The van der Waals surface area contributed by atoms with Crippen molar-refractivity contribution in [1.29, 1.82) is 0 Å². The van der Waals surface area contributed by atoms with Gasteiger partial charge in [-0.25, -0.2) is 9.67 Å². The van der Waals surface area contributed by atoms with E-state index in [0.29, 0.717) is 40.3 Å². The van der Waals surface area contributed by atoms with Gasteiger partial charge in [0.2, 0.25) is 0 Å². The molecule has 3 heterocycles. The van der Waals surface area contributed by atoms with E-state index in [9.17, 15) is 4.79 Å². The molecule has 27 heavy (non-hydrogen) atoms. The summed E-state index contributed by atoms with van der Waals surface area (Å²) in [5.41, 5.74) is 4.09. The Labute approximate surface area is 156 Å². The summed E-state index contributed by atoms with van der Waals surface area (Å²) in [6, 6.07) is 11.6. The molecule has 4 rings (SSSR count). The molecule has 0 bridgehead atoms. The Morgan fingerprint density at radius 1 is 1.22 bits per heavy atom. The number of carbonyl (C=O) groups is 1. The summed E-state index contributed by atoms with van der Waals surface area (Å²) < 4.78 is 6.93. The topological polar surface area (TPSA) is 85.8 Å². The quantitative estimate of drug-likeness (QED) is 0.594. The molecule has 0 aliphatic carbocycles. The molecule has 136 valence electrons. The highest BCUT2D eigenvalue weighted by Crippen LogP contribution is 2.27. The number of hydrogen-bond donors (Lipinski definition) is 1. The van der Waals surface area contributed by atoms with Crippen LogP contribution < -0.4 is 5.32 Å². The second-order valence-electron chi connectivity index (χ2n) is 6.27. The highest BCUT2D eigenvalue weighted by Gasteiger charge is 2.19. The summed E-state index contributed by atoms with van der Waals surface area (Å²) in [6.07, 6.45) is 1.68. The number of aryl methyl sites for hydroxylation is 3. The third kappa shape index (κ3) is 2.97. The molecule has 0 spiro atoms. The van der Waals surface area contributed by atoms with Crippen molar-refractivity contribution in [3.8, 4) is 11.3 Å². The lowest BCUT2D eigenvalue weighted by molar-refractivity contribution is 0.102. The summed E-state index contributed by atoms with van der Waals surface area (Å²) in [7, 11) is 0. The van der Waals surface area contributed by atoms with Crippen LogP contribution in [-0.4, -0.2) is 25.8 Å². The van der Waals surface area contributed by atoms with Crippen molar-refractivity contribution in [2.75, 3.05) is 5.32 Å². The molecule has 3 aromatic heterocycles. The fourth-order valence-electron chi connectivity index (χ4n) is 3.07. The van der Waals surface area contributed by atoms with E-state index >= 15 is 0 Å². The molecule has 0 fully saturated rings. The maximum absolute atomic E-state index is 13.1. The Morgan fingerprint density at radius 3 is 2.67 bits per heavy atom. The first kappa shape index (κ1) is 17.0. The van der Waals surface area contributed by atoms with Gasteiger partial charge in [0.15, 0.2) is 11.4 Å². The fourth-order valence-corrected chi connectivity index (χ4v) is 3.07. The van der Waals surface area contributed by atoms with Crippen molar-refractivity contribution in [2.24, 2.45) is 0 Å². The zero-order valence-corrected chi connectivity index (χ0v) is 15.4. The first-order valence-corrected chi connectivity index (χ1v) is 8.74. The van der Waals surface area contributed by atoms with Crippen molar-refractivity contribution in [3.63, 3.8) is 0 Å². The zero-order chi connectivity index (χ0) is 19.0. The number of anilines is 1. The molecule has 0 radical (unpaired) electrons. The summed E-state index contributed by atoms with van der Waals surface area (Å²) in [5.74, 6) is 0.323. The smallest absolute Gasteiger partial charge is 0.256 e. The average Bonchev–Trinajstić information content (AvgIpc) is 3.25. The molecular formula is C20H19N5O2. The third-order valence-electron chi connectivity index (χ3n) is 4.49. The van der Waals surface area contributed by atoms with E-state index in [1.54, 1.807) is 30.8 Å². The second kappa shape index (κ2) is 6.68. The third-order valence-corrected chi connectivity index (χ3v) is 4.49. The lowest BCUT2D eigenvalue weighted by Gasteiger charge is -2.09. The van der Waals surface area contributed by atoms with Crippen molar-refractivity contribution in [2.45, 2.75) is 27.3 Å². The predicted octanol–water partition coefficient (Wildman–Crippen LogP) is 3.98. The number of hydrogen-bond acceptors (Lipinski definition) is 5. The molecule has 1 N–H and O–H groups in total. The van der Waals surface area contributed by atoms with Gasteiger partial charge in [-0.15, -0.1) is 0 Å². The van der Waals surface area contributed by atoms with Crippen molar-refractivity contribution in [1.82, 2.24) is 19.9 Å². The molecule has 0 atom stereocenters. The maximum atomic E-state index is 13.1. The van der Waals surface area contributed by atoms with E-state index < -0.39 is 0 Å². The Hall–Kier alpha value is -3.48. The standard InChI is InChI=1S/C20H19N5O2/c1-4-25-19-16(11-21-25)15(10-17(22-19)14-8-6-5-7-9-14)20(26)23-18-12(2)24-27-13(18)3/h5-11H,4H2,1-3H3,(H,23,26). The second-order valence-corrected chi connectivity index (χ2v) is 6.27.